The van der Waals surface area contributed by atoms with E-state index >= 15 is 0 Å². The number of aromatic nitrogens is 5. The molecule has 0 unspecified atom stereocenters. The summed E-state index contributed by atoms with van der Waals surface area (Å²) in [6, 6.07) is 0. The summed E-state index contributed by atoms with van der Waals surface area (Å²) < 4.78 is 40.6. The Hall–Kier alpha value is -2.43. The lowest BCUT2D eigenvalue weighted by Crippen LogP contribution is -2.32. The quantitative estimate of drug-likeness (QED) is 0.645. The lowest BCUT2D eigenvalue weighted by Gasteiger charge is -2.24. The van der Waals surface area contributed by atoms with E-state index < -0.39 is 12.0 Å². The average molecular weight is 411 g/mol. The Labute approximate surface area is 163 Å². The molecular formula is C17H20F3N7S. The fourth-order valence-corrected chi connectivity index (χ4v) is 4.26. The van der Waals surface area contributed by atoms with Crippen molar-refractivity contribution in [2.24, 2.45) is 0 Å². The van der Waals surface area contributed by atoms with Crippen LogP contribution in [0.5, 0.6) is 0 Å². The van der Waals surface area contributed by atoms with Gasteiger partial charge in [0, 0.05) is 42.7 Å². The Morgan fingerprint density at radius 2 is 1.68 bits per heavy atom. The predicted octanol–water partition coefficient (Wildman–Crippen LogP) is 3.24. The summed E-state index contributed by atoms with van der Waals surface area (Å²) in [5, 5.41) is 14.3. The molecule has 28 heavy (non-hydrogen) atoms. The lowest BCUT2D eigenvalue weighted by atomic mass is 10.1. The molecule has 0 spiro atoms. The zero-order valence-electron chi connectivity index (χ0n) is 15.8. The third-order valence-electron chi connectivity index (χ3n) is 5.00. The van der Waals surface area contributed by atoms with Gasteiger partial charge in [-0.15, -0.1) is 26.6 Å². The van der Waals surface area contributed by atoms with Gasteiger partial charge in [0.25, 0.3) is 5.82 Å². The van der Waals surface area contributed by atoms with Crippen LogP contribution in [0.2, 0.25) is 0 Å². The van der Waals surface area contributed by atoms with Gasteiger partial charge in [-0.05, 0) is 27.2 Å². The van der Waals surface area contributed by atoms with E-state index in [4.69, 9.17) is 0 Å². The molecule has 150 valence electrons. The molecule has 3 aromatic heterocycles. The number of nitrogens with zero attached hydrogens (tertiary/aromatic N) is 7. The van der Waals surface area contributed by atoms with E-state index in [1.807, 2.05) is 24.1 Å². The van der Waals surface area contributed by atoms with Gasteiger partial charge in [-0.1, -0.05) is 0 Å². The second kappa shape index (κ2) is 6.87. The minimum atomic E-state index is -4.61. The SMILES string of the molecule is Cc1csc(N2CCCN(c3nn4c(C(F)(F)F)nnc4c(C)c3C)CC2)n1. The average Bonchev–Trinajstić information content (AvgIpc) is 3.18. The van der Waals surface area contributed by atoms with E-state index in [9.17, 15) is 13.2 Å². The molecule has 0 saturated carbocycles. The van der Waals surface area contributed by atoms with Crippen LogP contribution in [-0.2, 0) is 6.18 Å². The Balaban J connectivity index is 1.67. The first kappa shape index (κ1) is 18.9. The maximum Gasteiger partial charge on any atom is 0.453 e. The Kier molecular flexibility index (Phi) is 4.64. The number of aryl methyl sites for hydroxylation is 2. The molecule has 11 heteroatoms. The fraction of sp³-hybridized carbons (Fsp3) is 0.529. The van der Waals surface area contributed by atoms with Crippen LogP contribution < -0.4 is 9.80 Å². The van der Waals surface area contributed by atoms with E-state index in [0.29, 0.717) is 24.5 Å². The molecule has 0 amide bonds. The maximum absolute atomic E-state index is 13.3. The van der Waals surface area contributed by atoms with Gasteiger partial charge >= 0.3 is 6.18 Å². The molecular weight excluding hydrogens is 391 g/mol. The van der Waals surface area contributed by atoms with Crippen LogP contribution in [-0.4, -0.2) is 51.0 Å². The summed E-state index contributed by atoms with van der Waals surface area (Å²) in [5.74, 6) is -0.547. The van der Waals surface area contributed by atoms with Gasteiger partial charge < -0.3 is 9.80 Å². The molecule has 1 aliphatic rings. The summed E-state index contributed by atoms with van der Waals surface area (Å²) in [7, 11) is 0. The van der Waals surface area contributed by atoms with Crippen molar-refractivity contribution in [2.45, 2.75) is 33.4 Å². The summed E-state index contributed by atoms with van der Waals surface area (Å²) in [6.07, 6.45) is -3.74. The van der Waals surface area contributed by atoms with Crippen LogP contribution in [0, 0.1) is 20.8 Å². The van der Waals surface area contributed by atoms with Gasteiger partial charge in [-0.3, -0.25) is 0 Å². The van der Waals surface area contributed by atoms with Crippen LogP contribution in [0.3, 0.4) is 0 Å². The van der Waals surface area contributed by atoms with Crippen LogP contribution >= 0.6 is 11.3 Å². The van der Waals surface area contributed by atoms with E-state index in [0.717, 1.165) is 40.4 Å². The number of rotatable bonds is 2. The van der Waals surface area contributed by atoms with Crippen LogP contribution in [0.1, 0.15) is 29.1 Å². The monoisotopic (exact) mass is 411 g/mol. The van der Waals surface area contributed by atoms with Crippen molar-refractivity contribution in [3.05, 3.63) is 28.0 Å². The molecule has 1 fully saturated rings. The van der Waals surface area contributed by atoms with E-state index in [1.54, 1.807) is 18.3 Å². The van der Waals surface area contributed by atoms with Crippen LogP contribution in [0.15, 0.2) is 5.38 Å². The number of hydrogen-bond donors (Lipinski definition) is 0. The second-order valence-electron chi connectivity index (χ2n) is 6.93. The zero-order valence-corrected chi connectivity index (χ0v) is 16.6. The van der Waals surface area contributed by atoms with Gasteiger partial charge in [-0.2, -0.15) is 17.7 Å². The third-order valence-corrected chi connectivity index (χ3v) is 6.01. The molecule has 0 radical (unpaired) electrons. The zero-order chi connectivity index (χ0) is 20.1. The Morgan fingerprint density at radius 1 is 0.964 bits per heavy atom. The van der Waals surface area contributed by atoms with Gasteiger partial charge in [0.2, 0.25) is 0 Å². The lowest BCUT2D eigenvalue weighted by molar-refractivity contribution is -0.146. The summed E-state index contributed by atoms with van der Waals surface area (Å²) in [4.78, 5) is 8.81. The number of anilines is 2. The summed E-state index contributed by atoms with van der Waals surface area (Å²) in [6.45, 7) is 8.54. The smallest absolute Gasteiger partial charge is 0.353 e. The topological polar surface area (TPSA) is 62.5 Å². The summed E-state index contributed by atoms with van der Waals surface area (Å²) in [5.41, 5.74) is 2.62. The van der Waals surface area contributed by atoms with Crippen molar-refractivity contribution in [1.82, 2.24) is 24.8 Å². The molecule has 0 aromatic carbocycles. The number of fused-ring (bicyclic) bond motifs is 1. The van der Waals surface area contributed by atoms with E-state index in [-0.39, 0.29) is 5.65 Å². The van der Waals surface area contributed by atoms with Crippen molar-refractivity contribution in [1.29, 1.82) is 0 Å². The molecule has 0 N–H and O–H groups in total. The largest absolute Gasteiger partial charge is 0.453 e. The third kappa shape index (κ3) is 3.27. The van der Waals surface area contributed by atoms with Crippen molar-refractivity contribution in [3.63, 3.8) is 0 Å². The molecule has 4 rings (SSSR count). The molecule has 0 bridgehead atoms. The molecule has 0 aliphatic carbocycles. The van der Waals surface area contributed by atoms with Gasteiger partial charge in [0.05, 0.1) is 5.69 Å². The van der Waals surface area contributed by atoms with E-state index in [2.05, 4.69) is 25.2 Å². The Bertz CT molecular complexity index is 1010. The Morgan fingerprint density at radius 3 is 2.36 bits per heavy atom. The minimum absolute atomic E-state index is 0.142. The van der Waals surface area contributed by atoms with Crippen molar-refractivity contribution < 1.29 is 13.2 Å². The van der Waals surface area contributed by atoms with Gasteiger partial charge in [0.15, 0.2) is 16.6 Å². The highest BCUT2D eigenvalue weighted by Crippen LogP contribution is 2.31. The summed E-state index contributed by atoms with van der Waals surface area (Å²) >= 11 is 1.61. The predicted molar refractivity (Wildman–Crippen MR) is 101 cm³/mol. The first-order valence-electron chi connectivity index (χ1n) is 8.97. The molecule has 1 aliphatic heterocycles. The standard InChI is InChI=1S/C17H20F3N7S/c1-10-9-28-16(21-10)26-6-4-5-25(7-8-26)14-12(3)11(2)13-22-23-15(17(18,19)20)27(13)24-14/h9H,4-8H2,1-3H3. The van der Waals surface area contributed by atoms with Gasteiger partial charge in [-0.25, -0.2) is 4.98 Å². The number of halogens is 3. The highest BCUT2D eigenvalue weighted by atomic mass is 32.1. The van der Waals surface area contributed by atoms with Crippen molar-refractivity contribution in [2.75, 3.05) is 36.0 Å². The fourth-order valence-electron chi connectivity index (χ4n) is 3.40. The number of thiazole rings is 1. The first-order valence-corrected chi connectivity index (χ1v) is 9.85. The van der Waals surface area contributed by atoms with Crippen LogP contribution in [0.25, 0.3) is 5.65 Å². The van der Waals surface area contributed by atoms with Gasteiger partial charge in [0.1, 0.15) is 0 Å². The second-order valence-corrected chi connectivity index (χ2v) is 7.77. The van der Waals surface area contributed by atoms with Crippen LogP contribution in [0.4, 0.5) is 24.1 Å². The van der Waals surface area contributed by atoms with Crippen molar-refractivity contribution in [3.8, 4) is 0 Å². The highest BCUT2D eigenvalue weighted by molar-refractivity contribution is 7.13. The molecule has 7 nitrogen and oxygen atoms in total. The molecule has 3 aromatic rings. The number of alkyl halides is 3. The molecule has 4 heterocycles. The van der Waals surface area contributed by atoms with E-state index in [1.165, 1.54) is 0 Å². The van der Waals surface area contributed by atoms with Crippen molar-refractivity contribution >= 4 is 27.9 Å². The normalized spacial score (nSPS) is 16.1. The highest BCUT2D eigenvalue weighted by Gasteiger charge is 2.38. The minimum Gasteiger partial charge on any atom is -0.353 e. The number of hydrogen-bond acceptors (Lipinski definition) is 7. The maximum atomic E-state index is 13.3. The molecule has 1 saturated heterocycles. The molecule has 0 atom stereocenters. The first-order chi connectivity index (χ1) is 13.3.